The zero-order chi connectivity index (χ0) is 13.3. The molecular formula is C13H7F3O2. The number of aromatic carboxylic acids is 1. The van der Waals surface area contributed by atoms with Gasteiger partial charge in [0.1, 0.15) is 17.5 Å². The van der Waals surface area contributed by atoms with E-state index in [1.165, 1.54) is 12.1 Å². The van der Waals surface area contributed by atoms with Crippen molar-refractivity contribution in [1.82, 2.24) is 0 Å². The first kappa shape index (κ1) is 12.2. The first-order chi connectivity index (χ1) is 8.49. The van der Waals surface area contributed by atoms with Gasteiger partial charge in [0.2, 0.25) is 0 Å². The molecule has 0 saturated heterocycles. The van der Waals surface area contributed by atoms with Crippen LogP contribution < -0.4 is 0 Å². The van der Waals surface area contributed by atoms with E-state index in [-0.39, 0.29) is 11.1 Å². The molecule has 1 N–H and O–H groups in total. The summed E-state index contributed by atoms with van der Waals surface area (Å²) in [5.41, 5.74) is -0.374. The van der Waals surface area contributed by atoms with Gasteiger partial charge in [0.25, 0.3) is 0 Å². The van der Waals surface area contributed by atoms with Crippen molar-refractivity contribution in [3.63, 3.8) is 0 Å². The lowest BCUT2D eigenvalue weighted by molar-refractivity contribution is 0.0692. The fraction of sp³-hybridized carbons (Fsp3) is 0. The maximum absolute atomic E-state index is 13.5. The highest BCUT2D eigenvalue weighted by Gasteiger charge is 2.13. The van der Waals surface area contributed by atoms with Gasteiger partial charge in [-0.1, -0.05) is 6.07 Å². The smallest absolute Gasteiger partial charge is 0.338 e. The van der Waals surface area contributed by atoms with Crippen LogP contribution in [0.2, 0.25) is 0 Å². The topological polar surface area (TPSA) is 37.3 Å². The van der Waals surface area contributed by atoms with E-state index in [9.17, 15) is 18.0 Å². The van der Waals surface area contributed by atoms with Crippen LogP contribution >= 0.6 is 0 Å². The summed E-state index contributed by atoms with van der Waals surface area (Å²) < 4.78 is 39.4. The Kier molecular flexibility index (Phi) is 3.06. The van der Waals surface area contributed by atoms with Crippen molar-refractivity contribution in [2.45, 2.75) is 0 Å². The molecular weight excluding hydrogens is 245 g/mol. The molecule has 0 bridgehead atoms. The van der Waals surface area contributed by atoms with E-state index in [0.717, 1.165) is 18.2 Å². The molecule has 0 radical (unpaired) electrons. The Morgan fingerprint density at radius 1 is 0.944 bits per heavy atom. The second-order valence-electron chi connectivity index (χ2n) is 3.62. The van der Waals surface area contributed by atoms with Crippen molar-refractivity contribution >= 4 is 5.97 Å². The highest BCUT2D eigenvalue weighted by atomic mass is 19.1. The molecule has 2 nitrogen and oxygen atoms in total. The number of carboxylic acids is 1. The van der Waals surface area contributed by atoms with Crippen LogP contribution in [0.15, 0.2) is 36.4 Å². The third kappa shape index (κ3) is 2.20. The highest BCUT2D eigenvalue weighted by molar-refractivity contribution is 5.89. The number of benzene rings is 2. The Morgan fingerprint density at radius 2 is 1.67 bits per heavy atom. The molecule has 0 aliphatic rings. The van der Waals surface area contributed by atoms with Crippen molar-refractivity contribution in [1.29, 1.82) is 0 Å². The number of hydrogen-bond acceptors (Lipinski definition) is 1. The first-order valence-corrected chi connectivity index (χ1v) is 4.97. The quantitative estimate of drug-likeness (QED) is 0.888. The van der Waals surface area contributed by atoms with Gasteiger partial charge in [0.15, 0.2) is 0 Å². The van der Waals surface area contributed by atoms with Gasteiger partial charge in [-0.15, -0.1) is 0 Å². The van der Waals surface area contributed by atoms with Crippen molar-refractivity contribution in [3.8, 4) is 11.1 Å². The zero-order valence-corrected chi connectivity index (χ0v) is 8.95. The predicted molar refractivity (Wildman–Crippen MR) is 58.7 cm³/mol. The highest BCUT2D eigenvalue weighted by Crippen LogP contribution is 2.25. The molecule has 0 spiro atoms. The summed E-state index contributed by atoms with van der Waals surface area (Å²) in [5, 5.41) is 8.76. The summed E-state index contributed by atoms with van der Waals surface area (Å²) in [7, 11) is 0. The molecule has 0 aromatic heterocycles. The number of rotatable bonds is 2. The first-order valence-electron chi connectivity index (χ1n) is 4.97. The van der Waals surface area contributed by atoms with E-state index < -0.39 is 29.0 Å². The summed E-state index contributed by atoms with van der Waals surface area (Å²) in [4.78, 5) is 10.8. The minimum atomic E-state index is -1.45. The van der Waals surface area contributed by atoms with Crippen LogP contribution in [0.25, 0.3) is 11.1 Å². The van der Waals surface area contributed by atoms with Crippen LogP contribution in [0, 0.1) is 17.5 Å². The molecule has 92 valence electrons. The Balaban J connectivity index is 2.58. The van der Waals surface area contributed by atoms with E-state index in [2.05, 4.69) is 0 Å². The average Bonchev–Trinajstić information content (AvgIpc) is 2.30. The Hall–Kier alpha value is -2.30. The van der Waals surface area contributed by atoms with E-state index in [0.29, 0.717) is 6.07 Å². The van der Waals surface area contributed by atoms with Gasteiger partial charge in [-0.05, 0) is 29.8 Å². The van der Waals surface area contributed by atoms with Crippen LogP contribution in [-0.4, -0.2) is 11.1 Å². The standard InChI is InChI=1S/C13H7F3O2/c14-8-2-3-9(12(16)6-8)7-1-4-11(15)10(5-7)13(17)18/h1-6H,(H,17,18). The van der Waals surface area contributed by atoms with E-state index in [1.54, 1.807) is 0 Å². The van der Waals surface area contributed by atoms with E-state index in [1.807, 2.05) is 0 Å². The Labute approximate surface area is 100 Å². The molecule has 0 atom stereocenters. The third-order valence-corrected chi connectivity index (χ3v) is 2.44. The molecule has 0 amide bonds. The number of halogens is 3. The van der Waals surface area contributed by atoms with E-state index in [4.69, 9.17) is 5.11 Å². The average molecular weight is 252 g/mol. The second-order valence-corrected chi connectivity index (χ2v) is 3.62. The summed E-state index contributed by atoms with van der Waals surface area (Å²) >= 11 is 0. The van der Waals surface area contributed by atoms with Crippen LogP contribution in [0.3, 0.4) is 0 Å². The largest absolute Gasteiger partial charge is 0.478 e. The normalized spacial score (nSPS) is 10.4. The molecule has 0 heterocycles. The fourth-order valence-corrected chi connectivity index (χ4v) is 1.58. The van der Waals surface area contributed by atoms with Crippen molar-refractivity contribution in [2.75, 3.05) is 0 Å². The van der Waals surface area contributed by atoms with Crippen LogP contribution in [0.4, 0.5) is 13.2 Å². The van der Waals surface area contributed by atoms with Gasteiger partial charge in [0.05, 0.1) is 5.56 Å². The monoisotopic (exact) mass is 252 g/mol. The van der Waals surface area contributed by atoms with Gasteiger partial charge < -0.3 is 5.11 Å². The predicted octanol–water partition coefficient (Wildman–Crippen LogP) is 3.47. The van der Waals surface area contributed by atoms with E-state index >= 15 is 0 Å². The summed E-state index contributed by atoms with van der Waals surface area (Å²) in [5.74, 6) is -3.93. The molecule has 18 heavy (non-hydrogen) atoms. The van der Waals surface area contributed by atoms with Gasteiger partial charge in [0, 0.05) is 11.6 Å². The van der Waals surface area contributed by atoms with Gasteiger partial charge >= 0.3 is 5.97 Å². The minimum Gasteiger partial charge on any atom is -0.478 e. The lowest BCUT2D eigenvalue weighted by Crippen LogP contribution is -2.01. The van der Waals surface area contributed by atoms with Crippen LogP contribution in [0.1, 0.15) is 10.4 Å². The lowest BCUT2D eigenvalue weighted by Gasteiger charge is -2.05. The number of carboxylic acid groups (broad SMARTS) is 1. The summed E-state index contributed by atoms with van der Waals surface area (Å²) in [6, 6.07) is 6.07. The molecule has 2 rings (SSSR count). The summed E-state index contributed by atoms with van der Waals surface area (Å²) in [6.07, 6.45) is 0. The minimum absolute atomic E-state index is 0.0129. The van der Waals surface area contributed by atoms with Crippen molar-refractivity contribution in [2.24, 2.45) is 0 Å². The second kappa shape index (κ2) is 4.52. The molecule has 0 aliphatic heterocycles. The molecule has 0 fully saturated rings. The maximum atomic E-state index is 13.5. The molecule has 0 saturated carbocycles. The maximum Gasteiger partial charge on any atom is 0.338 e. The van der Waals surface area contributed by atoms with Gasteiger partial charge in [-0.25, -0.2) is 18.0 Å². The zero-order valence-electron chi connectivity index (χ0n) is 8.95. The number of hydrogen-bond donors (Lipinski definition) is 1. The summed E-state index contributed by atoms with van der Waals surface area (Å²) in [6.45, 7) is 0. The molecule has 2 aromatic carbocycles. The van der Waals surface area contributed by atoms with Crippen molar-refractivity contribution < 1.29 is 23.1 Å². The fourth-order valence-electron chi connectivity index (χ4n) is 1.58. The Bertz CT molecular complexity index is 624. The van der Waals surface area contributed by atoms with Crippen LogP contribution in [0.5, 0.6) is 0 Å². The lowest BCUT2D eigenvalue weighted by atomic mass is 10.0. The third-order valence-electron chi connectivity index (χ3n) is 2.44. The Morgan fingerprint density at radius 3 is 2.28 bits per heavy atom. The number of carbonyl (C=O) groups is 1. The molecule has 5 heteroatoms. The SMILES string of the molecule is O=C(O)c1cc(-c2ccc(F)cc2F)ccc1F. The van der Waals surface area contributed by atoms with Crippen molar-refractivity contribution in [3.05, 3.63) is 59.4 Å². The van der Waals surface area contributed by atoms with Gasteiger partial charge in [-0.3, -0.25) is 0 Å². The van der Waals surface area contributed by atoms with Gasteiger partial charge in [-0.2, -0.15) is 0 Å². The van der Waals surface area contributed by atoms with Crippen LogP contribution in [-0.2, 0) is 0 Å². The molecule has 0 unspecified atom stereocenters. The molecule has 2 aromatic rings. The molecule has 0 aliphatic carbocycles.